The van der Waals surface area contributed by atoms with Gasteiger partial charge in [-0.3, -0.25) is 4.79 Å². The fourth-order valence-corrected chi connectivity index (χ4v) is 2.17. The highest BCUT2D eigenvalue weighted by Crippen LogP contribution is 2.21. The average Bonchev–Trinajstić information content (AvgIpc) is 2.36. The molecule has 0 aliphatic rings. The van der Waals surface area contributed by atoms with Crippen molar-refractivity contribution >= 4 is 39.3 Å². The standard InChI is InChI=1S/C12H14BrN3OS/c1-18-5-4-10(15)12(17)16-11-6-9(13)3-2-8(11)7-14/h2-3,6,10H,4-5,15H2,1H3,(H,16,17)/t10-/m0/s1. The van der Waals surface area contributed by atoms with E-state index in [0.29, 0.717) is 17.7 Å². The van der Waals surface area contributed by atoms with Crippen molar-refractivity contribution in [3.05, 3.63) is 28.2 Å². The second-order valence-corrected chi connectivity index (χ2v) is 5.58. The van der Waals surface area contributed by atoms with Crippen molar-refractivity contribution in [3.63, 3.8) is 0 Å². The Bertz CT molecular complexity index is 473. The number of benzene rings is 1. The molecule has 0 aliphatic carbocycles. The molecule has 96 valence electrons. The maximum atomic E-state index is 11.8. The van der Waals surface area contributed by atoms with Crippen LogP contribution in [-0.2, 0) is 4.79 Å². The Balaban J connectivity index is 2.75. The molecule has 0 unspecified atom stereocenters. The van der Waals surface area contributed by atoms with Crippen LogP contribution in [0.4, 0.5) is 5.69 Å². The summed E-state index contributed by atoms with van der Waals surface area (Å²) in [4.78, 5) is 11.8. The molecule has 0 aromatic heterocycles. The van der Waals surface area contributed by atoms with E-state index in [1.54, 1.807) is 30.0 Å². The maximum Gasteiger partial charge on any atom is 0.241 e. The summed E-state index contributed by atoms with van der Waals surface area (Å²) >= 11 is 4.94. The van der Waals surface area contributed by atoms with Gasteiger partial charge in [0.15, 0.2) is 0 Å². The Morgan fingerprint density at radius 3 is 3.00 bits per heavy atom. The number of nitrogens with one attached hydrogen (secondary N) is 1. The summed E-state index contributed by atoms with van der Waals surface area (Å²) in [6, 6.07) is 6.57. The van der Waals surface area contributed by atoms with Crippen LogP contribution in [0.15, 0.2) is 22.7 Å². The number of thioether (sulfide) groups is 1. The Morgan fingerprint density at radius 1 is 1.67 bits per heavy atom. The minimum atomic E-state index is -0.553. The number of carbonyl (C=O) groups excluding carboxylic acids is 1. The zero-order valence-electron chi connectivity index (χ0n) is 9.94. The number of hydrogen-bond acceptors (Lipinski definition) is 4. The Hall–Kier alpha value is -1.03. The molecule has 0 radical (unpaired) electrons. The van der Waals surface area contributed by atoms with E-state index in [4.69, 9.17) is 11.0 Å². The van der Waals surface area contributed by atoms with E-state index in [9.17, 15) is 4.79 Å². The van der Waals surface area contributed by atoms with Gasteiger partial charge in [-0.05, 0) is 36.6 Å². The van der Waals surface area contributed by atoms with Crippen LogP contribution >= 0.6 is 27.7 Å². The first-order valence-electron chi connectivity index (χ1n) is 5.33. The monoisotopic (exact) mass is 327 g/mol. The third-order valence-corrected chi connectivity index (χ3v) is 3.47. The number of anilines is 1. The first-order valence-corrected chi connectivity index (χ1v) is 7.52. The fraction of sp³-hybridized carbons (Fsp3) is 0.333. The summed E-state index contributed by atoms with van der Waals surface area (Å²) in [5, 5.41) is 11.6. The zero-order chi connectivity index (χ0) is 13.5. The van der Waals surface area contributed by atoms with Gasteiger partial charge in [-0.15, -0.1) is 0 Å². The molecule has 1 rings (SSSR count). The van der Waals surface area contributed by atoms with Crippen LogP contribution < -0.4 is 11.1 Å². The Labute approximate surface area is 119 Å². The van der Waals surface area contributed by atoms with Crippen LogP contribution in [0, 0.1) is 11.3 Å². The number of rotatable bonds is 5. The predicted molar refractivity (Wildman–Crippen MR) is 78.5 cm³/mol. The van der Waals surface area contributed by atoms with E-state index >= 15 is 0 Å². The molecule has 3 N–H and O–H groups in total. The van der Waals surface area contributed by atoms with Crippen molar-refractivity contribution in [2.45, 2.75) is 12.5 Å². The number of hydrogen-bond donors (Lipinski definition) is 2. The lowest BCUT2D eigenvalue weighted by atomic mass is 10.1. The number of nitrogens with zero attached hydrogens (tertiary/aromatic N) is 1. The third kappa shape index (κ3) is 4.33. The molecular formula is C12H14BrN3OS. The van der Waals surface area contributed by atoms with Crippen LogP contribution in [0.25, 0.3) is 0 Å². The van der Waals surface area contributed by atoms with Gasteiger partial charge in [0.2, 0.25) is 5.91 Å². The van der Waals surface area contributed by atoms with E-state index in [1.165, 1.54) is 0 Å². The van der Waals surface area contributed by atoms with E-state index in [1.807, 2.05) is 12.3 Å². The van der Waals surface area contributed by atoms with Crippen LogP contribution in [0.5, 0.6) is 0 Å². The molecule has 0 saturated carbocycles. The van der Waals surface area contributed by atoms with E-state index in [0.717, 1.165) is 10.2 Å². The van der Waals surface area contributed by atoms with Gasteiger partial charge < -0.3 is 11.1 Å². The highest BCUT2D eigenvalue weighted by atomic mass is 79.9. The molecular weight excluding hydrogens is 314 g/mol. The highest BCUT2D eigenvalue weighted by molar-refractivity contribution is 9.10. The molecule has 0 saturated heterocycles. The van der Waals surface area contributed by atoms with Gasteiger partial charge in [0.1, 0.15) is 6.07 Å². The smallest absolute Gasteiger partial charge is 0.241 e. The van der Waals surface area contributed by atoms with Crippen molar-refractivity contribution in [3.8, 4) is 6.07 Å². The van der Waals surface area contributed by atoms with Gasteiger partial charge in [0.25, 0.3) is 0 Å². The number of nitrogens with two attached hydrogens (primary N) is 1. The molecule has 6 heteroatoms. The molecule has 0 aliphatic heterocycles. The summed E-state index contributed by atoms with van der Waals surface area (Å²) in [5.74, 6) is 0.566. The normalized spacial score (nSPS) is 11.7. The topological polar surface area (TPSA) is 78.9 Å². The van der Waals surface area contributed by atoms with Gasteiger partial charge in [-0.2, -0.15) is 17.0 Å². The molecule has 1 aromatic rings. The summed E-state index contributed by atoms with van der Waals surface area (Å²) in [6.07, 6.45) is 2.58. The first-order chi connectivity index (χ1) is 8.58. The number of carbonyl (C=O) groups is 1. The van der Waals surface area contributed by atoms with Crippen molar-refractivity contribution in [1.82, 2.24) is 0 Å². The largest absolute Gasteiger partial charge is 0.324 e. The number of nitriles is 1. The predicted octanol–water partition coefficient (Wildman–Crippen LogP) is 2.34. The van der Waals surface area contributed by atoms with Gasteiger partial charge in [-0.25, -0.2) is 0 Å². The van der Waals surface area contributed by atoms with E-state index in [2.05, 4.69) is 21.2 Å². The van der Waals surface area contributed by atoms with Crippen molar-refractivity contribution in [1.29, 1.82) is 5.26 Å². The summed E-state index contributed by atoms with van der Waals surface area (Å²) in [7, 11) is 0. The third-order valence-electron chi connectivity index (χ3n) is 2.33. The Kier molecular flexibility index (Phi) is 6.19. The lowest BCUT2D eigenvalue weighted by molar-refractivity contribution is -0.117. The average molecular weight is 328 g/mol. The van der Waals surface area contributed by atoms with Gasteiger partial charge in [0, 0.05) is 4.47 Å². The SMILES string of the molecule is CSCC[C@H](N)C(=O)Nc1cc(Br)ccc1C#N. The van der Waals surface area contributed by atoms with Crippen molar-refractivity contribution < 1.29 is 4.79 Å². The van der Waals surface area contributed by atoms with Crippen LogP contribution in [0.2, 0.25) is 0 Å². The van der Waals surface area contributed by atoms with E-state index in [-0.39, 0.29) is 5.91 Å². The second-order valence-electron chi connectivity index (χ2n) is 3.68. The van der Waals surface area contributed by atoms with Gasteiger partial charge >= 0.3 is 0 Å². The summed E-state index contributed by atoms with van der Waals surface area (Å²) < 4.78 is 0.800. The molecule has 1 aromatic carbocycles. The van der Waals surface area contributed by atoms with Crippen molar-refractivity contribution in [2.24, 2.45) is 5.73 Å². The minimum Gasteiger partial charge on any atom is -0.324 e. The molecule has 0 heterocycles. The second kappa shape index (κ2) is 7.41. The maximum absolute atomic E-state index is 11.8. The van der Waals surface area contributed by atoms with Crippen molar-refractivity contribution in [2.75, 3.05) is 17.3 Å². The molecule has 1 atom stereocenters. The quantitative estimate of drug-likeness (QED) is 0.869. The van der Waals surface area contributed by atoms with Gasteiger partial charge in [0.05, 0.1) is 17.3 Å². The molecule has 4 nitrogen and oxygen atoms in total. The van der Waals surface area contributed by atoms with Crippen LogP contribution in [0.3, 0.4) is 0 Å². The molecule has 0 spiro atoms. The van der Waals surface area contributed by atoms with Crippen LogP contribution in [0.1, 0.15) is 12.0 Å². The number of amides is 1. The Morgan fingerprint density at radius 2 is 2.39 bits per heavy atom. The minimum absolute atomic E-state index is 0.265. The zero-order valence-corrected chi connectivity index (χ0v) is 12.3. The lowest BCUT2D eigenvalue weighted by Gasteiger charge is -2.12. The molecule has 0 fully saturated rings. The molecule has 18 heavy (non-hydrogen) atoms. The van der Waals surface area contributed by atoms with E-state index < -0.39 is 6.04 Å². The fourth-order valence-electron chi connectivity index (χ4n) is 1.32. The first kappa shape index (κ1) is 15.0. The van der Waals surface area contributed by atoms with Crippen LogP contribution in [-0.4, -0.2) is 24.0 Å². The molecule has 0 bridgehead atoms. The molecule has 1 amide bonds. The van der Waals surface area contributed by atoms with Gasteiger partial charge in [-0.1, -0.05) is 15.9 Å². The highest BCUT2D eigenvalue weighted by Gasteiger charge is 2.14. The summed E-state index contributed by atoms with van der Waals surface area (Å²) in [5.41, 5.74) is 6.66. The number of halogens is 1. The lowest BCUT2D eigenvalue weighted by Crippen LogP contribution is -2.36. The summed E-state index contributed by atoms with van der Waals surface area (Å²) in [6.45, 7) is 0.